The summed E-state index contributed by atoms with van der Waals surface area (Å²) in [5, 5.41) is 11.1. The number of aryl methyl sites for hydroxylation is 2. The number of carbonyl (C=O) groups excluding carboxylic acids is 2. The van der Waals surface area contributed by atoms with Crippen LogP contribution in [0.5, 0.6) is 0 Å². The number of morpholine rings is 1. The number of amides is 2. The minimum absolute atomic E-state index is 0.0764. The maximum Gasteiger partial charge on any atom is 0.282 e. The molecule has 0 N–H and O–H groups in total. The summed E-state index contributed by atoms with van der Waals surface area (Å²) < 4.78 is 5.82. The lowest BCUT2D eigenvalue weighted by Gasteiger charge is -2.37. The van der Waals surface area contributed by atoms with E-state index < -0.39 is 16.7 Å². The van der Waals surface area contributed by atoms with Gasteiger partial charge in [0.05, 0.1) is 28.4 Å². The number of rotatable bonds is 4. The predicted molar refractivity (Wildman–Crippen MR) is 120 cm³/mol. The number of non-ortho nitro benzene ring substituents is 1. The molecule has 166 valence electrons. The van der Waals surface area contributed by atoms with Crippen molar-refractivity contribution in [3.63, 3.8) is 0 Å². The molecule has 0 spiro atoms. The highest BCUT2D eigenvalue weighted by molar-refractivity contribution is 6.45. The van der Waals surface area contributed by atoms with Crippen LogP contribution in [0.1, 0.15) is 30.5 Å². The number of benzene rings is 2. The summed E-state index contributed by atoms with van der Waals surface area (Å²) in [5.74, 6) is -0.825. The first kappa shape index (κ1) is 21.7. The Bertz CT molecular complexity index is 1130. The Hall–Kier alpha value is -3.52. The third-order valence-electron chi connectivity index (χ3n) is 5.76. The zero-order valence-electron chi connectivity index (χ0n) is 18.5. The monoisotopic (exact) mass is 435 g/mol. The van der Waals surface area contributed by atoms with E-state index in [1.54, 1.807) is 6.07 Å². The third kappa shape index (κ3) is 3.78. The lowest BCUT2D eigenvalue weighted by atomic mass is 10.0. The number of nitro groups is 1. The van der Waals surface area contributed by atoms with Crippen molar-refractivity contribution >= 4 is 28.8 Å². The second-order valence-corrected chi connectivity index (χ2v) is 8.43. The molecule has 32 heavy (non-hydrogen) atoms. The SMILES string of the molecule is Cc1ccc(N2C(=O)C(c3ccc([N+](=O)[O-])cc3)=C(N3CC(C)OC(C)C3)C2=O)c(C)c1. The molecular formula is C24H25N3O5. The summed E-state index contributed by atoms with van der Waals surface area (Å²) >= 11 is 0. The molecule has 0 aromatic heterocycles. The van der Waals surface area contributed by atoms with E-state index in [1.165, 1.54) is 29.2 Å². The average molecular weight is 435 g/mol. The smallest absolute Gasteiger partial charge is 0.282 e. The molecule has 4 rings (SSSR count). The van der Waals surface area contributed by atoms with Crippen LogP contribution in [-0.4, -0.2) is 46.9 Å². The summed E-state index contributed by atoms with van der Waals surface area (Å²) in [4.78, 5) is 41.0. The molecule has 2 aromatic rings. The number of hydrogen-bond acceptors (Lipinski definition) is 6. The first-order valence-electron chi connectivity index (χ1n) is 10.5. The molecule has 2 atom stereocenters. The van der Waals surface area contributed by atoms with Crippen molar-refractivity contribution in [1.82, 2.24) is 4.90 Å². The minimum atomic E-state index is -0.492. The normalized spacial score (nSPS) is 21.5. The molecule has 2 aromatic carbocycles. The second kappa shape index (κ2) is 8.20. The standard InChI is InChI=1S/C24H25N3O5/c1-14-5-10-20(15(2)11-14)26-23(28)21(18-6-8-19(9-7-18)27(30)31)22(24(26)29)25-12-16(3)32-17(4)13-25/h5-11,16-17H,12-13H2,1-4H3. The molecule has 8 nitrogen and oxygen atoms in total. The Morgan fingerprint density at radius 1 is 0.969 bits per heavy atom. The van der Waals surface area contributed by atoms with Crippen molar-refractivity contribution in [1.29, 1.82) is 0 Å². The molecule has 0 saturated carbocycles. The number of nitro benzene ring substituents is 1. The third-order valence-corrected chi connectivity index (χ3v) is 5.76. The van der Waals surface area contributed by atoms with Crippen LogP contribution in [0, 0.1) is 24.0 Å². The zero-order valence-corrected chi connectivity index (χ0v) is 18.5. The van der Waals surface area contributed by atoms with Crippen molar-refractivity contribution in [3.05, 3.63) is 75.0 Å². The maximum absolute atomic E-state index is 13.7. The zero-order chi connectivity index (χ0) is 23.2. The summed E-state index contributed by atoms with van der Waals surface area (Å²) in [6.07, 6.45) is -0.218. The molecule has 0 radical (unpaired) electrons. The van der Waals surface area contributed by atoms with Crippen LogP contribution in [0.3, 0.4) is 0 Å². The van der Waals surface area contributed by atoms with Gasteiger partial charge in [-0.3, -0.25) is 19.7 Å². The maximum atomic E-state index is 13.7. The molecule has 2 aliphatic heterocycles. The quantitative estimate of drug-likeness (QED) is 0.414. The molecule has 8 heteroatoms. The Balaban J connectivity index is 1.85. The van der Waals surface area contributed by atoms with Crippen LogP contribution in [0.25, 0.3) is 5.57 Å². The summed E-state index contributed by atoms with van der Waals surface area (Å²) in [7, 11) is 0. The first-order valence-corrected chi connectivity index (χ1v) is 10.5. The van der Waals surface area contributed by atoms with Crippen LogP contribution in [0.15, 0.2) is 48.2 Å². The van der Waals surface area contributed by atoms with E-state index in [-0.39, 0.29) is 23.5 Å². The van der Waals surface area contributed by atoms with Gasteiger partial charge in [-0.15, -0.1) is 0 Å². The van der Waals surface area contributed by atoms with Gasteiger partial charge in [0.2, 0.25) is 0 Å². The lowest BCUT2D eigenvalue weighted by molar-refractivity contribution is -0.384. The van der Waals surface area contributed by atoms with E-state index in [2.05, 4.69) is 0 Å². The van der Waals surface area contributed by atoms with Crippen LogP contribution < -0.4 is 4.90 Å². The topological polar surface area (TPSA) is 93.0 Å². The molecule has 2 unspecified atom stereocenters. The van der Waals surface area contributed by atoms with Gasteiger partial charge in [-0.25, -0.2) is 4.90 Å². The molecule has 0 bridgehead atoms. The van der Waals surface area contributed by atoms with Crippen molar-refractivity contribution < 1.29 is 19.2 Å². The van der Waals surface area contributed by atoms with Gasteiger partial charge in [0, 0.05) is 25.2 Å². The van der Waals surface area contributed by atoms with Crippen molar-refractivity contribution in [2.45, 2.75) is 39.9 Å². The molecule has 1 fully saturated rings. The van der Waals surface area contributed by atoms with Gasteiger partial charge < -0.3 is 9.64 Å². The van der Waals surface area contributed by atoms with E-state index in [4.69, 9.17) is 4.74 Å². The Kier molecular flexibility index (Phi) is 5.56. The molecule has 2 amide bonds. The van der Waals surface area contributed by atoms with Crippen LogP contribution in [0.4, 0.5) is 11.4 Å². The van der Waals surface area contributed by atoms with Gasteiger partial charge >= 0.3 is 0 Å². The van der Waals surface area contributed by atoms with Gasteiger partial charge in [-0.05, 0) is 57.0 Å². The second-order valence-electron chi connectivity index (χ2n) is 8.43. The molecule has 2 heterocycles. The van der Waals surface area contributed by atoms with E-state index in [9.17, 15) is 19.7 Å². The Labute approximate surface area is 186 Å². The van der Waals surface area contributed by atoms with Gasteiger partial charge in [0.1, 0.15) is 5.70 Å². The van der Waals surface area contributed by atoms with E-state index in [0.717, 1.165) is 11.1 Å². The highest BCUT2D eigenvalue weighted by Gasteiger charge is 2.44. The van der Waals surface area contributed by atoms with Crippen LogP contribution >= 0.6 is 0 Å². The molecule has 0 aliphatic carbocycles. The minimum Gasteiger partial charge on any atom is -0.372 e. The number of hydrogen-bond donors (Lipinski definition) is 0. The fourth-order valence-corrected chi connectivity index (χ4v) is 4.46. The molecule has 1 saturated heterocycles. The Morgan fingerprint density at radius 3 is 2.16 bits per heavy atom. The van der Waals surface area contributed by atoms with E-state index >= 15 is 0 Å². The summed E-state index contributed by atoms with van der Waals surface area (Å²) in [5.41, 5.74) is 3.35. The summed E-state index contributed by atoms with van der Waals surface area (Å²) in [6, 6.07) is 11.3. The molecular weight excluding hydrogens is 410 g/mol. The van der Waals surface area contributed by atoms with Gasteiger partial charge in [0.25, 0.3) is 17.5 Å². The average Bonchev–Trinajstić information content (AvgIpc) is 2.98. The number of carbonyl (C=O) groups is 2. The number of nitrogens with zero attached hydrogens (tertiary/aromatic N) is 3. The van der Waals surface area contributed by atoms with Crippen molar-refractivity contribution in [2.75, 3.05) is 18.0 Å². The number of anilines is 1. The Morgan fingerprint density at radius 2 is 1.59 bits per heavy atom. The molecule has 2 aliphatic rings. The van der Waals surface area contributed by atoms with Gasteiger partial charge in [-0.1, -0.05) is 17.7 Å². The van der Waals surface area contributed by atoms with Crippen molar-refractivity contribution in [2.24, 2.45) is 0 Å². The highest BCUT2D eigenvalue weighted by Crippen LogP contribution is 2.37. The van der Waals surface area contributed by atoms with Gasteiger partial charge in [-0.2, -0.15) is 0 Å². The number of ether oxygens (including phenoxy) is 1. The fourth-order valence-electron chi connectivity index (χ4n) is 4.46. The number of imide groups is 1. The van der Waals surface area contributed by atoms with Crippen molar-refractivity contribution in [3.8, 4) is 0 Å². The predicted octanol–water partition coefficient (Wildman–Crippen LogP) is 3.61. The van der Waals surface area contributed by atoms with Gasteiger partial charge in [0.15, 0.2) is 0 Å². The van der Waals surface area contributed by atoms with Crippen LogP contribution in [0.2, 0.25) is 0 Å². The largest absolute Gasteiger partial charge is 0.372 e. The lowest BCUT2D eigenvalue weighted by Crippen LogP contribution is -2.47. The van der Waals surface area contributed by atoms with Crippen LogP contribution in [-0.2, 0) is 14.3 Å². The first-order chi connectivity index (χ1) is 15.2. The summed E-state index contributed by atoms with van der Waals surface area (Å²) in [6.45, 7) is 8.61. The van der Waals surface area contributed by atoms with E-state index in [1.807, 2.05) is 44.7 Å². The van der Waals surface area contributed by atoms with E-state index in [0.29, 0.717) is 30.0 Å². The fraction of sp³-hybridized carbons (Fsp3) is 0.333. The highest BCUT2D eigenvalue weighted by atomic mass is 16.6.